The number of fused-ring (bicyclic) bond motifs is 1. The second kappa shape index (κ2) is 7.45. The van der Waals surface area contributed by atoms with Crippen molar-refractivity contribution in [1.29, 1.82) is 0 Å². The number of carbonyl (C=O) groups excluding carboxylic acids is 1. The number of hydrogen-bond acceptors (Lipinski definition) is 5. The molecule has 5 heteroatoms. The number of ketones is 1. The predicted molar refractivity (Wildman–Crippen MR) is 102 cm³/mol. The third-order valence-electron chi connectivity index (χ3n) is 4.41. The number of hydrogen-bond donors (Lipinski definition) is 0. The maximum atomic E-state index is 12.4. The van der Waals surface area contributed by atoms with E-state index in [1.54, 1.807) is 24.5 Å². The molecule has 1 aliphatic rings. The molecular weight excluding hydrogens is 326 g/mol. The van der Waals surface area contributed by atoms with Crippen molar-refractivity contribution in [3.05, 3.63) is 72.1 Å². The van der Waals surface area contributed by atoms with Crippen molar-refractivity contribution in [3.8, 4) is 0 Å². The van der Waals surface area contributed by atoms with E-state index in [2.05, 4.69) is 14.9 Å². The van der Waals surface area contributed by atoms with Crippen molar-refractivity contribution < 1.29 is 9.53 Å². The van der Waals surface area contributed by atoms with Crippen LogP contribution < -0.4 is 4.90 Å². The van der Waals surface area contributed by atoms with E-state index in [9.17, 15) is 4.79 Å². The highest BCUT2D eigenvalue weighted by Crippen LogP contribution is 2.17. The lowest BCUT2D eigenvalue weighted by atomic mass is 10.0. The molecule has 0 atom stereocenters. The fourth-order valence-electron chi connectivity index (χ4n) is 2.95. The topological polar surface area (TPSA) is 55.3 Å². The van der Waals surface area contributed by atoms with Gasteiger partial charge in [0, 0.05) is 36.6 Å². The summed E-state index contributed by atoms with van der Waals surface area (Å²) in [4.78, 5) is 23.3. The molecule has 1 fully saturated rings. The first-order chi connectivity index (χ1) is 12.8. The number of carbonyl (C=O) groups is 1. The highest BCUT2D eigenvalue weighted by atomic mass is 16.5. The molecule has 2 heterocycles. The van der Waals surface area contributed by atoms with E-state index in [1.807, 2.05) is 42.5 Å². The number of morpholine rings is 1. The SMILES string of the molecule is O=C(/C=C\c1cnc(N2CCOCC2)nc1)c1ccc2ccccc2c1. The molecule has 0 bridgehead atoms. The number of aromatic nitrogens is 2. The molecule has 1 saturated heterocycles. The first-order valence-corrected chi connectivity index (χ1v) is 8.65. The molecule has 0 amide bonds. The van der Waals surface area contributed by atoms with E-state index in [0.717, 1.165) is 29.4 Å². The van der Waals surface area contributed by atoms with Gasteiger partial charge in [-0.05, 0) is 29.0 Å². The van der Waals surface area contributed by atoms with Gasteiger partial charge in [0.15, 0.2) is 5.78 Å². The van der Waals surface area contributed by atoms with Crippen molar-refractivity contribution >= 4 is 28.6 Å². The van der Waals surface area contributed by atoms with Crippen molar-refractivity contribution in [2.75, 3.05) is 31.2 Å². The molecule has 0 unspecified atom stereocenters. The summed E-state index contributed by atoms with van der Waals surface area (Å²) in [6.07, 6.45) is 6.79. The molecular formula is C21H19N3O2. The first-order valence-electron chi connectivity index (χ1n) is 8.65. The summed E-state index contributed by atoms with van der Waals surface area (Å²) in [7, 11) is 0. The van der Waals surface area contributed by atoms with Crippen LogP contribution in [0.5, 0.6) is 0 Å². The van der Waals surface area contributed by atoms with Crippen LogP contribution in [0.25, 0.3) is 16.8 Å². The smallest absolute Gasteiger partial charge is 0.225 e. The Bertz CT molecular complexity index is 945. The maximum absolute atomic E-state index is 12.4. The van der Waals surface area contributed by atoms with Gasteiger partial charge in [-0.2, -0.15) is 0 Å². The molecule has 0 spiro atoms. The third-order valence-corrected chi connectivity index (χ3v) is 4.41. The van der Waals surface area contributed by atoms with Gasteiger partial charge in [0.1, 0.15) is 0 Å². The second-order valence-corrected chi connectivity index (χ2v) is 6.18. The third kappa shape index (κ3) is 3.63. The number of nitrogens with zero attached hydrogens (tertiary/aromatic N) is 3. The largest absolute Gasteiger partial charge is 0.378 e. The predicted octanol–water partition coefficient (Wildman–Crippen LogP) is 3.36. The van der Waals surface area contributed by atoms with Gasteiger partial charge < -0.3 is 9.64 Å². The Hall–Kier alpha value is -3.05. The van der Waals surface area contributed by atoms with Gasteiger partial charge in [-0.1, -0.05) is 36.4 Å². The molecule has 0 saturated carbocycles. The summed E-state index contributed by atoms with van der Waals surface area (Å²) in [5.41, 5.74) is 1.47. The number of benzene rings is 2. The Balaban J connectivity index is 1.46. The van der Waals surface area contributed by atoms with Crippen LogP contribution in [0.15, 0.2) is 60.9 Å². The van der Waals surface area contributed by atoms with Gasteiger partial charge in [0.25, 0.3) is 0 Å². The van der Waals surface area contributed by atoms with Crippen LogP contribution in [0.4, 0.5) is 5.95 Å². The van der Waals surface area contributed by atoms with Crippen LogP contribution in [0.1, 0.15) is 15.9 Å². The fourth-order valence-corrected chi connectivity index (χ4v) is 2.95. The van der Waals surface area contributed by atoms with E-state index < -0.39 is 0 Å². The average molecular weight is 345 g/mol. The summed E-state index contributed by atoms with van der Waals surface area (Å²) in [6.45, 7) is 3.00. The van der Waals surface area contributed by atoms with Gasteiger partial charge >= 0.3 is 0 Å². The van der Waals surface area contributed by atoms with E-state index in [0.29, 0.717) is 24.7 Å². The van der Waals surface area contributed by atoms with Crippen LogP contribution in [0.2, 0.25) is 0 Å². The van der Waals surface area contributed by atoms with Crippen LogP contribution >= 0.6 is 0 Å². The zero-order chi connectivity index (χ0) is 17.8. The Morgan fingerprint density at radius 1 is 1.00 bits per heavy atom. The molecule has 5 nitrogen and oxygen atoms in total. The minimum absolute atomic E-state index is 0.0343. The molecule has 130 valence electrons. The van der Waals surface area contributed by atoms with Crippen molar-refractivity contribution in [1.82, 2.24) is 9.97 Å². The van der Waals surface area contributed by atoms with Gasteiger partial charge in [-0.15, -0.1) is 0 Å². The van der Waals surface area contributed by atoms with Gasteiger partial charge in [0.05, 0.1) is 13.2 Å². The summed E-state index contributed by atoms with van der Waals surface area (Å²) in [5.74, 6) is 0.666. The second-order valence-electron chi connectivity index (χ2n) is 6.18. The summed E-state index contributed by atoms with van der Waals surface area (Å²) in [6, 6.07) is 13.7. The Morgan fingerprint density at radius 2 is 1.73 bits per heavy atom. The van der Waals surface area contributed by atoms with E-state index in [1.165, 1.54) is 0 Å². The van der Waals surface area contributed by atoms with Crippen molar-refractivity contribution in [3.63, 3.8) is 0 Å². The standard InChI is InChI=1S/C21H19N3O2/c25-20(19-7-6-17-3-1-2-4-18(17)13-19)8-5-16-14-22-21(23-15-16)24-9-11-26-12-10-24/h1-8,13-15H,9-12H2/b8-5-. The van der Waals surface area contributed by atoms with Crippen LogP contribution in [-0.2, 0) is 4.74 Å². The molecule has 2 aromatic carbocycles. The molecule has 26 heavy (non-hydrogen) atoms. The number of anilines is 1. The Kier molecular flexibility index (Phi) is 4.71. The number of rotatable bonds is 4. The number of allylic oxidation sites excluding steroid dienone is 1. The van der Waals surface area contributed by atoms with Crippen LogP contribution in [0, 0.1) is 0 Å². The van der Waals surface area contributed by atoms with E-state index in [-0.39, 0.29) is 5.78 Å². The highest BCUT2D eigenvalue weighted by Gasteiger charge is 2.13. The zero-order valence-corrected chi connectivity index (χ0v) is 14.3. The normalized spacial score (nSPS) is 14.8. The molecule has 0 N–H and O–H groups in total. The molecule has 0 aliphatic carbocycles. The van der Waals surface area contributed by atoms with Crippen molar-refractivity contribution in [2.24, 2.45) is 0 Å². The Morgan fingerprint density at radius 3 is 2.50 bits per heavy atom. The lowest BCUT2D eigenvalue weighted by molar-refractivity contribution is 0.104. The van der Waals surface area contributed by atoms with Crippen LogP contribution in [-0.4, -0.2) is 42.1 Å². The van der Waals surface area contributed by atoms with Gasteiger partial charge in [-0.3, -0.25) is 4.79 Å². The molecule has 4 rings (SSSR count). The molecule has 1 aliphatic heterocycles. The van der Waals surface area contributed by atoms with Crippen LogP contribution in [0.3, 0.4) is 0 Å². The fraction of sp³-hybridized carbons (Fsp3) is 0.190. The highest BCUT2D eigenvalue weighted by molar-refractivity contribution is 6.08. The summed E-state index contributed by atoms with van der Waals surface area (Å²) in [5, 5.41) is 2.19. The maximum Gasteiger partial charge on any atom is 0.225 e. The lowest BCUT2D eigenvalue weighted by Gasteiger charge is -2.26. The summed E-state index contributed by atoms with van der Waals surface area (Å²) < 4.78 is 5.33. The summed E-state index contributed by atoms with van der Waals surface area (Å²) >= 11 is 0. The van der Waals surface area contributed by atoms with E-state index >= 15 is 0 Å². The molecule has 0 radical (unpaired) electrons. The molecule has 3 aromatic rings. The monoisotopic (exact) mass is 345 g/mol. The lowest BCUT2D eigenvalue weighted by Crippen LogP contribution is -2.37. The minimum atomic E-state index is -0.0343. The first kappa shape index (κ1) is 16.4. The number of ether oxygens (including phenoxy) is 1. The van der Waals surface area contributed by atoms with Crippen molar-refractivity contribution in [2.45, 2.75) is 0 Å². The average Bonchev–Trinajstić information content (AvgIpc) is 2.72. The molecule has 1 aromatic heterocycles. The van der Waals surface area contributed by atoms with Gasteiger partial charge in [-0.25, -0.2) is 9.97 Å². The minimum Gasteiger partial charge on any atom is -0.378 e. The quantitative estimate of drug-likeness (QED) is 0.536. The van der Waals surface area contributed by atoms with Gasteiger partial charge in [0.2, 0.25) is 5.95 Å². The van der Waals surface area contributed by atoms with E-state index in [4.69, 9.17) is 4.74 Å². The zero-order valence-electron chi connectivity index (χ0n) is 14.3. The Labute approximate surface area is 152 Å².